The minimum absolute atomic E-state index is 0.125. The van der Waals surface area contributed by atoms with E-state index in [9.17, 15) is 10.1 Å². The Kier molecular flexibility index (Phi) is 3.63. The molecule has 3 heterocycles. The normalized spacial score (nSPS) is 10.7. The first-order chi connectivity index (χ1) is 10.1. The van der Waals surface area contributed by atoms with Crippen molar-refractivity contribution in [3.05, 3.63) is 50.7 Å². The Balaban J connectivity index is 1.84. The lowest BCUT2D eigenvalue weighted by Gasteiger charge is -2.04. The Morgan fingerprint density at radius 2 is 2.19 bits per heavy atom. The molecule has 3 aromatic heterocycles. The number of nitrogens with one attached hydrogen (secondary N) is 1. The first-order valence-corrected chi connectivity index (χ1v) is 7.08. The molecule has 0 saturated heterocycles. The van der Waals surface area contributed by atoms with E-state index >= 15 is 0 Å². The van der Waals surface area contributed by atoms with Gasteiger partial charge >= 0.3 is 5.69 Å². The van der Waals surface area contributed by atoms with Gasteiger partial charge in [0.1, 0.15) is 20.5 Å². The second kappa shape index (κ2) is 5.58. The smallest absolute Gasteiger partial charge is 0.311 e. The third-order valence-corrected chi connectivity index (χ3v) is 3.84. The van der Waals surface area contributed by atoms with Crippen LogP contribution in [-0.4, -0.2) is 19.9 Å². The average molecular weight is 322 g/mol. The maximum Gasteiger partial charge on any atom is 0.311 e. The fraction of sp³-hybridized carbons (Fsp3) is 0.0833. The third-order valence-electron chi connectivity index (χ3n) is 2.65. The number of hydrogen-bond acceptors (Lipinski definition) is 7. The van der Waals surface area contributed by atoms with Crippen LogP contribution in [0.5, 0.6) is 0 Å². The maximum absolute atomic E-state index is 10.9. The SMILES string of the molecule is O=[N+]([O-])c1ccc(Cl)nc1NCc1nc2cccnc2s1. The molecule has 21 heavy (non-hydrogen) atoms. The maximum atomic E-state index is 10.9. The van der Waals surface area contributed by atoms with Crippen molar-refractivity contribution in [2.24, 2.45) is 0 Å². The van der Waals surface area contributed by atoms with Gasteiger partial charge in [0.05, 0.1) is 11.5 Å². The molecule has 0 aromatic carbocycles. The van der Waals surface area contributed by atoms with Gasteiger partial charge in [-0.1, -0.05) is 22.9 Å². The first kappa shape index (κ1) is 13.7. The summed E-state index contributed by atoms with van der Waals surface area (Å²) in [6.45, 7) is 0.315. The van der Waals surface area contributed by atoms with Crippen LogP contribution in [0.3, 0.4) is 0 Å². The molecule has 0 atom stereocenters. The second-order valence-electron chi connectivity index (χ2n) is 4.05. The fourth-order valence-electron chi connectivity index (χ4n) is 1.76. The van der Waals surface area contributed by atoms with Crippen LogP contribution < -0.4 is 5.32 Å². The molecule has 0 radical (unpaired) electrons. The van der Waals surface area contributed by atoms with Crippen LogP contribution in [0.2, 0.25) is 5.15 Å². The molecule has 9 heteroatoms. The lowest BCUT2D eigenvalue weighted by molar-refractivity contribution is -0.384. The highest BCUT2D eigenvalue weighted by Crippen LogP contribution is 2.25. The predicted octanol–water partition coefficient (Wildman–Crippen LogP) is 3.26. The number of thiazole rings is 1. The quantitative estimate of drug-likeness (QED) is 0.450. The zero-order chi connectivity index (χ0) is 14.8. The van der Waals surface area contributed by atoms with Crippen molar-refractivity contribution in [2.75, 3.05) is 5.32 Å². The summed E-state index contributed by atoms with van der Waals surface area (Å²) in [6.07, 6.45) is 1.70. The van der Waals surface area contributed by atoms with Crippen molar-refractivity contribution >= 4 is 44.8 Å². The summed E-state index contributed by atoms with van der Waals surface area (Å²) in [6, 6.07) is 6.37. The van der Waals surface area contributed by atoms with Crippen molar-refractivity contribution in [1.82, 2.24) is 15.0 Å². The van der Waals surface area contributed by atoms with Crippen LogP contribution in [0, 0.1) is 10.1 Å². The molecule has 0 aliphatic heterocycles. The molecule has 3 rings (SSSR count). The molecule has 1 N–H and O–H groups in total. The van der Waals surface area contributed by atoms with E-state index in [1.807, 2.05) is 12.1 Å². The lowest BCUT2D eigenvalue weighted by Crippen LogP contribution is -2.04. The van der Waals surface area contributed by atoms with Crippen LogP contribution >= 0.6 is 22.9 Å². The van der Waals surface area contributed by atoms with E-state index in [0.717, 1.165) is 15.4 Å². The third kappa shape index (κ3) is 2.91. The molecular weight excluding hydrogens is 314 g/mol. The van der Waals surface area contributed by atoms with Crippen LogP contribution in [0.15, 0.2) is 30.5 Å². The Hall–Kier alpha value is -2.32. The van der Waals surface area contributed by atoms with Crippen LogP contribution in [0.1, 0.15) is 5.01 Å². The van der Waals surface area contributed by atoms with Gasteiger partial charge in [-0.05, 0) is 18.2 Å². The number of fused-ring (bicyclic) bond motifs is 1. The number of aromatic nitrogens is 3. The summed E-state index contributed by atoms with van der Waals surface area (Å²) in [5.74, 6) is 0.125. The Bertz CT molecular complexity index is 789. The van der Waals surface area contributed by atoms with Gasteiger partial charge in [-0.15, -0.1) is 0 Å². The Labute approximate surface area is 127 Å². The Morgan fingerprint density at radius 1 is 1.33 bits per heavy atom. The minimum Gasteiger partial charge on any atom is -0.358 e. The molecule has 0 unspecified atom stereocenters. The van der Waals surface area contributed by atoms with Crippen LogP contribution in [0.25, 0.3) is 10.3 Å². The molecular formula is C12H8ClN5O2S. The van der Waals surface area contributed by atoms with Gasteiger partial charge in [0.25, 0.3) is 0 Å². The monoisotopic (exact) mass is 321 g/mol. The topological polar surface area (TPSA) is 93.8 Å². The van der Waals surface area contributed by atoms with E-state index in [1.54, 1.807) is 6.20 Å². The summed E-state index contributed by atoms with van der Waals surface area (Å²) >= 11 is 7.19. The molecule has 3 aromatic rings. The molecule has 0 spiro atoms. The van der Waals surface area contributed by atoms with Gasteiger partial charge in [-0.3, -0.25) is 10.1 Å². The van der Waals surface area contributed by atoms with E-state index < -0.39 is 4.92 Å². The molecule has 106 valence electrons. The van der Waals surface area contributed by atoms with E-state index in [2.05, 4.69) is 20.3 Å². The number of nitro groups is 1. The standard InChI is InChI=1S/C12H8ClN5O2S/c13-9-4-3-8(18(19)20)11(17-9)15-6-10-16-7-2-1-5-14-12(7)21-10/h1-5H,6H2,(H,15,17). The zero-order valence-corrected chi connectivity index (χ0v) is 12.1. The number of pyridine rings is 2. The highest BCUT2D eigenvalue weighted by molar-refractivity contribution is 7.18. The summed E-state index contributed by atoms with van der Waals surface area (Å²) in [7, 11) is 0. The van der Waals surface area contributed by atoms with Crippen molar-refractivity contribution in [1.29, 1.82) is 0 Å². The first-order valence-electron chi connectivity index (χ1n) is 5.89. The largest absolute Gasteiger partial charge is 0.358 e. The zero-order valence-electron chi connectivity index (χ0n) is 10.5. The fourth-order valence-corrected chi connectivity index (χ4v) is 2.75. The second-order valence-corrected chi connectivity index (χ2v) is 5.50. The minimum atomic E-state index is -0.508. The summed E-state index contributed by atoms with van der Waals surface area (Å²) in [4.78, 5) is 23.8. The number of nitrogens with zero attached hydrogens (tertiary/aromatic N) is 4. The summed E-state index contributed by atoms with van der Waals surface area (Å²) in [5, 5.41) is 14.8. The van der Waals surface area contributed by atoms with Gasteiger partial charge in [-0.25, -0.2) is 15.0 Å². The molecule has 0 amide bonds. The van der Waals surface area contributed by atoms with Crippen LogP contribution in [0.4, 0.5) is 11.5 Å². The highest BCUT2D eigenvalue weighted by Gasteiger charge is 2.16. The number of anilines is 1. The van der Waals surface area contributed by atoms with E-state index in [1.165, 1.54) is 23.5 Å². The highest BCUT2D eigenvalue weighted by atomic mass is 35.5. The van der Waals surface area contributed by atoms with Gasteiger partial charge < -0.3 is 5.32 Å². The van der Waals surface area contributed by atoms with Gasteiger partial charge in [0.15, 0.2) is 0 Å². The lowest BCUT2D eigenvalue weighted by atomic mass is 10.4. The molecule has 0 aliphatic rings. The van der Waals surface area contributed by atoms with Crippen molar-refractivity contribution in [3.8, 4) is 0 Å². The number of halogens is 1. The van der Waals surface area contributed by atoms with Gasteiger partial charge in [-0.2, -0.15) is 0 Å². The summed E-state index contributed by atoms with van der Waals surface area (Å²) < 4.78 is 0. The van der Waals surface area contributed by atoms with Crippen molar-refractivity contribution in [3.63, 3.8) is 0 Å². The predicted molar refractivity (Wildman–Crippen MR) is 80.6 cm³/mol. The van der Waals surface area contributed by atoms with E-state index in [0.29, 0.717) is 6.54 Å². The summed E-state index contributed by atoms with van der Waals surface area (Å²) in [5.41, 5.74) is 0.673. The molecule has 0 fully saturated rings. The van der Waals surface area contributed by atoms with E-state index in [4.69, 9.17) is 11.6 Å². The van der Waals surface area contributed by atoms with E-state index in [-0.39, 0.29) is 16.7 Å². The molecule has 0 bridgehead atoms. The average Bonchev–Trinajstić information content (AvgIpc) is 2.87. The number of hydrogen-bond donors (Lipinski definition) is 1. The Morgan fingerprint density at radius 3 is 2.95 bits per heavy atom. The molecule has 7 nitrogen and oxygen atoms in total. The molecule has 0 saturated carbocycles. The van der Waals surface area contributed by atoms with Gasteiger partial charge in [0, 0.05) is 12.3 Å². The van der Waals surface area contributed by atoms with Crippen molar-refractivity contribution in [2.45, 2.75) is 6.54 Å². The number of rotatable bonds is 4. The molecule has 0 aliphatic carbocycles. The van der Waals surface area contributed by atoms with Crippen molar-refractivity contribution < 1.29 is 4.92 Å². The van der Waals surface area contributed by atoms with Gasteiger partial charge in [0.2, 0.25) is 5.82 Å². The van der Waals surface area contributed by atoms with Crippen LogP contribution in [-0.2, 0) is 6.54 Å².